The second-order valence-electron chi connectivity index (χ2n) is 9.87. The van der Waals surface area contributed by atoms with E-state index >= 15 is 0 Å². The average Bonchev–Trinajstić information content (AvgIpc) is 3.15. The Kier molecular flexibility index (Phi) is 8.12. The minimum atomic E-state index is -0.713. The van der Waals surface area contributed by atoms with Crippen LogP contribution in [0.1, 0.15) is 85.5 Å². The van der Waals surface area contributed by atoms with E-state index in [1.165, 1.54) is 24.1 Å². The maximum atomic E-state index is 13.8. The maximum Gasteiger partial charge on any atom is 0.338 e. The smallest absolute Gasteiger partial charge is 0.338 e. The lowest BCUT2D eigenvalue weighted by atomic mass is 9.90. The van der Waals surface area contributed by atoms with Gasteiger partial charge in [-0.25, -0.2) is 4.79 Å². The van der Waals surface area contributed by atoms with Crippen molar-refractivity contribution >= 4 is 52.1 Å². The summed E-state index contributed by atoms with van der Waals surface area (Å²) in [6.45, 7) is 0.297. The first-order valence-electron chi connectivity index (χ1n) is 13.3. The van der Waals surface area contributed by atoms with Crippen molar-refractivity contribution in [2.24, 2.45) is 0 Å². The van der Waals surface area contributed by atoms with Crippen LogP contribution in [0.25, 0.3) is 5.57 Å². The molecular formula is C32H29ClN2O5. The number of rotatable bonds is 5. The number of nitrogens with one attached hydrogen (secondary N) is 1. The van der Waals surface area contributed by atoms with Gasteiger partial charge in [0.25, 0.3) is 11.8 Å². The molecule has 7 nitrogen and oxygen atoms in total. The molecule has 1 aliphatic carbocycles. The Morgan fingerprint density at radius 2 is 1.70 bits per heavy atom. The molecule has 2 aliphatic rings. The van der Waals surface area contributed by atoms with Gasteiger partial charge in [0.2, 0.25) is 0 Å². The zero-order valence-corrected chi connectivity index (χ0v) is 22.9. The lowest BCUT2D eigenvalue weighted by Crippen LogP contribution is -2.33. The molecule has 0 spiro atoms. The molecule has 2 amide bonds. The molecule has 0 fully saturated rings. The quantitative estimate of drug-likeness (QED) is 0.343. The van der Waals surface area contributed by atoms with Crippen LogP contribution in [0.4, 0.5) is 11.4 Å². The van der Waals surface area contributed by atoms with Crippen molar-refractivity contribution < 1.29 is 23.9 Å². The van der Waals surface area contributed by atoms with Crippen LogP contribution in [0.2, 0.25) is 5.02 Å². The summed E-state index contributed by atoms with van der Waals surface area (Å²) in [4.78, 5) is 54.1. The number of amides is 2. The van der Waals surface area contributed by atoms with E-state index in [4.69, 9.17) is 16.3 Å². The van der Waals surface area contributed by atoms with Crippen molar-refractivity contribution in [2.45, 2.75) is 38.5 Å². The predicted molar refractivity (Wildman–Crippen MR) is 155 cm³/mol. The van der Waals surface area contributed by atoms with Crippen LogP contribution in [0.15, 0.2) is 66.7 Å². The fraction of sp³-hybridized carbons (Fsp3) is 0.250. The summed E-state index contributed by atoms with van der Waals surface area (Å²) in [7, 11) is 1.23. The third kappa shape index (κ3) is 5.56. The first kappa shape index (κ1) is 27.3. The molecule has 1 N–H and O–H groups in total. The molecule has 0 saturated carbocycles. The summed E-state index contributed by atoms with van der Waals surface area (Å²) in [5.41, 5.74) is 3.88. The van der Waals surface area contributed by atoms with Gasteiger partial charge in [-0.05, 0) is 85.7 Å². The van der Waals surface area contributed by atoms with Crippen molar-refractivity contribution in [3.8, 4) is 0 Å². The topological polar surface area (TPSA) is 92.8 Å². The molecule has 0 radical (unpaired) electrons. The Morgan fingerprint density at radius 1 is 0.875 bits per heavy atom. The Balaban J connectivity index is 1.47. The van der Waals surface area contributed by atoms with Crippen molar-refractivity contribution in [3.05, 3.63) is 99.6 Å². The van der Waals surface area contributed by atoms with Crippen LogP contribution in [0.3, 0.4) is 0 Å². The summed E-state index contributed by atoms with van der Waals surface area (Å²) in [5, 5.41) is 3.28. The number of esters is 1. The van der Waals surface area contributed by atoms with Crippen LogP contribution in [0.5, 0.6) is 0 Å². The molecular weight excluding hydrogens is 528 g/mol. The second kappa shape index (κ2) is 11.9. The van der Waals surface area contributed by atoms with Gasteiger partial charge in [0.15, 0.2) is 5.78 Å². The molecule has 0 unspecified atom stereocenters. The summed E-state index contributed by atoms with van der Waals surface area (Å²) in [6.07, 6.45) is 7.08. The van der Waals surface area contributed by atoms with E-state index in [1.807, 2.05) is 18.2 Å². The minimum absolute atomic E-state index is 0.0136. The van der Waals surface area contributed by atoms with Crippen molar-refractivity contribution in [3.63, 3.8) is 0 Å². The second-order valence-corrected chi connectivity index (χ2v) is 10.3. The van der Waals surface area contributed by atoms with Gasteiger partial charge in [-0.15, -0.1) is 0 Å². The number of hydrogen-bond acceptors (Lipinski definition) is 5. The molecule has 3 aromatic carbocycles. The molecule has 0 bridgehead atoms. The summed E-state index contributed by atoms with van der Waals surface area (Å²) in [5.74, 6) is -1.57. The SMILES string of the molecule is COC(=O)c1cc(NC(=O)c2ccccc2C2=CCCCC2)ccc1C(=O)N1CCCC(=O)c2cc(Cl)ccc21. The lowest BCUT2D eigenvalue weighted by Gasteiger charge is -2.24. The van der Waals surface area contributed by atoms with Gasteiger partial charge < -0.3 is 15.0 Å². The zero-order chi connectivity index (χ0) is 28.2. The monoisotopic (exact) mass is 556 g/mol. The van der Waals surface area contributed by atoms with Gasteiger partial charge in [0.05, 0.1) is 23.9 Å². The number of anilines is 2. The fourth-order valence-corrected chi connectivity index (χ4v) is 5.48. The number of hydrogen-bond donors (Lipinski definition) is 1. The van der Waals surface area contributed by atoms with Crippen LogP contribution in [-0.4, -0.2) is 37.2 Å². The highest BCUT2D eigenvalue weighted by molar-refractivity contribution is 6.31. The Bertz CT molecular complexity index is 1540. The van der Waals surface area contributed by atoms with Gasteiger partial charge in [0.1, 0.15) is 0 Å². The molecule has 3 aromatic rings. The number of fused-ring (bicyclic) bond motifs is 1. The third-order valence-corrected chi connectivity index (χ3v) is 7.54. The number of Topliss-reactive ketones (excluding diaryl/α,β-unsaturated/α-hetero) is 1. The first-order valence-corrected chi connectivity index (χ1v) is 13.7. The van der Waals surface area contributed by atoms with E-state index in [9.17, 15) is 19.2 Å². The number of benzene rings is 3. The Hall–Kier alpha value is -4.23. The van der Waals surface area contributed by atoms with E-state index in [0.29, 0.717) is 40.5 Å². The molecule has 40 heavy (non-hydrogen) atoms. The predicted octanol–water partition coefficient (Wildman–Crippen LogP) is 6.96. The number of halogens is 1. The highest BCUT2D eigenvalue weighted by Crippen LogP contribution is 2.32. The van der Waals surface area contributed by atoms with Gasteiger partial charge in [-0.2, -0.15) is 0 Å². The lowest BCUT2D eigenvalue weighted by molar-refractivity contribution is 0.0596. The minimum Gasteiger partial charge on any atom is -0.465 e. The number of ketones is 1. The molecule has 1 aliphatic heterocycles. The van der Waals surface area contributed by atoms with Crippen molar-refractivity contribution in [1.29, 1.82) is 0 Å². The number of ether oxygens (including phenoxy) is 1. The molecule has 0 atom stereocenters. The number of carbonyl (C=O) groups is 4. The number of methoxy groups -OCH3 is 1. The largest absolute Gasteiger partial charge is 0.465 e. The van der Waals surface area contributed by atoms with E-state index in [0.717, 1.165) is 36.8 Å². The molecule has 8 heteroatoms. The summed E-state index contributed by atoms with van der Waals surface area (Å²) >= 11 is 6.13. The van der Waals surface area contributed by atoms with Crippen LogP contribution in [-0.2, 0) is 4.74 Å². The molecule has 204 valence electrons. The fourth-order valence-electron chi connectivity index (χ4n) is 5.31. The first-order chi connectivity index (χ1) is 19.4. The number of nitrogens with zero attached hydrogens (tertiary/aromatic N) is 1. The van der Waals surface area contributed by atoms with Gasteiger partial charge >= 0.3 is 5.97 Å². The van der Waals surface area contributed by atoms with E-state index in [1.54, 1.807) is 30.3 Å². The summed E-state index contributed by atoms with van der Waals surface area (Å²) in [6, 6.07) is 16.8. The third-order valence-electron chi connectivity index (χ3n) is 7.30. The standard InChI is InChI=1S/C32H29ClN2O5/c1-40-32(39)26-19-22(34-30(37)24-11-6-5-10-23(24)20-8-3-2-4-9-20)14-15-25(26)31(38)35-17-7-12-29(36)27-18-21(33)13-16-28(27)35/h5-6,8,10-11,13-16,18-19H,2-4,7,9,12,17H2,1H3,(H,34,37). The van der Waals surface area contributed by atoms with Crippen molar-refractivity contribution in [2.75, 3.05) is 23.9 Å². The highest BCUT2D eigenvalue weighted by atomic mass is 35.5. The zero-order valence-electron chi connectivity index (χ0n) is 22.2. The maximum absolute atomic E-state index is 13.8. The van der Waals surface area contributed by atoms with Gasteiger partial charge in [0, 0.05) is 34.8 Å². The van der Waals surface area contributed by atoms with Gasteiger partial charge in [-0.1, -0.05) is 35.9 Å². The van der Waals surface area contributed by atoms with Crippen molar-refractivity contribution in [1.82, 2.24) is 0 Å². The normalized spacial score (nSPS) is 15.0. The number of allylic oxidation sites excluding steroid dienone is 2. The van der Waals surface area contributed by atoms with E-state index in [-0.39, 0.29) is 29.2 Å². The summed E-state index contributed by atoms with van der Waals surface area (Å²) < 4.78 is 4.98. The molecule has 0 aromatic heterocycles. The molecule has 5 rings (SSSR count). The van der Waals surface area contributed by atoms with Crippen LogP contribution in [0, 0.1) is 0 Å². The average molecular weight is 557 g/mol. The van der Waals surface area contributed by atoms with Crippen LogP contribution < -0.4 is 10.2 Å². The van der Waals surface area contributed by atoms with E-state index < -0.39 is 11.9 Å². The Morgan fingerprint density at radius 3 is 2.48 bits per heavy atom. The molecule has 1 heterocycles. The van der Waals surface area contributed by atoms with Gasteiger partial charge in [-0.3, -0.25) is 14.4 Å². The number of carbonyl (C=O) groups excluding carboxylic acids is 4. The van der Waals surface area contributed by atoms with Crippen LogP contribution >= 0.6 is 11.6 Å². The van der Waals surface area contributed by atoms with E-state index in [2.05, 4.69) is 11.4 Å². The molecule has 0 saturated heterocycles. The Labute approximate surface area is 237 Å². The highest BCUT2D eigenvalue weighted by Gasteiger charge is 2.29.